The molecule has 0 bridgehead atoms. The Bertz CT molecular complexity index is 679. The van der Waals surface area contributed by atoms with Crippen molar-refractivity contribution < 1.29 is 13.2 Å². The molecule has 6 nitrogen and oxygen atoms in total. The number of carbonyl (C=O) groups is 1. The van der Waals surface area contributed by atoms with Gasteiger partial charge < -0.3 is 10.2 Å². The topological polar surface area (TPSA) is 90.3 Å². The van der Waals surface area contributed by atoms with Gasteiger partial charge in [0.25, 0.3) is 0 Å². The molecule has 1 saturated heterocycles. The zero-order valence-electron chi connectivity index (χ0n) is 11.7. The van der Waals surface area contributed by atoms with Crippen LogP contribution < -0.4 is 5.32 Å². The van der Waals surface area contributed by atoms with E-state index >= 15 is 0 Å². The smallest absolute Gasteiger partial charge is 0.241 e. The van der Waals surface area contributed by atoms with Crippen molar-refractivity contribution in [3.8, 4) is 6.07 Å². The van der Waals surface area contributed by atoms with Crippen LogP contribution >= 0.6 is 0 Å². The standard InChI is InChI=1S/C14H17N3O3S/c1-17(13-5-6-21(19,20)10-13)14(18)9-16-12-4-2-3-11(7-12)8-15/h2-4,7,13,16H,5-6,9-10H2,1H3/t13-/m0/s1. The van der Waals surface area contributed by atoms with Crippen molar-refractivity contribution in [2.75, 3.05) is 30.4 Å². The van der Waals surface area contributed by atoms with E-state index in [-0.39, 0.29) is 30.0 Å². The third-order valence-corrected chi connectivity index (χ3v) is 5.34. The molecular weight excluding hydrogens is 290 g/mol. The maximum absolute atomic E-state index is 12.1. The van der Waals surface area contributed by atoms with Gasteiger partial charge in [0.1, 0.15) is 0 Å². The Labute approximate surface area is 124 Å². The number of hydrogen-bond donors (Lipinski definition) is 1. The first kappa shape index (κ1) is 15.3. The van der Waals surface area contributed by atoms with Gasteiger partial charge in [0.15, 0.2) is 9.84 Å². The summed E-state index contributed by atoms with van der Waals surface area (Å²) in [7, 11) is -1.37. The number of nitrogens with zero attached hydrogens (tertiary/aromatic N) is 2. The van der Waals surface area contributed by atoms with Crippen LogP contribution in [0.2, 0.25) is 0 Å². The predicted molar refractivity (Wildman–Crippen MR) is 79.5 cm³/mol. The number of sulfone groups is 1. The van der Waals surface area contributed by atoms with E-state index in [2.05, 4.69) is 5.32 Å². The molecule has 2 rings (SSSR count). The number of carbonyl (C=O) groups excluding carboxylic acids is 1. The monoisotopic (exact) mass is 307 g/mol. The Hall–Kier alpha value is -2.07. The van der Waals surface area contributed by atoms with Gasteiger partial charge in [0.05, 0.1) is 29.7 Å². The third kappa shape index (κ3) is 3.95. The fourth-order valence-electron chi connectivity index (χ4n) is 2.29. The van der Waals surface area contributed by atoms with Crippen molar-refractivity contribution in [3.05, 3.63) is 29.8 Å². The van der Waals surface area contributed by atoms with Crippen LogP contribution in [0.3, 0.4) is 0 Å². The normalized spacial score (nSPS) is 19.7. The highest BCUT2D eigenvalue weighted by Gasteiger charge is 2.32. The summed E-state index contributed by atoms with van der Waals surface area (Å²) in [6.45, 7) is 0.0714. The largest absolute Gasteiger partial charge is 0.376 e. The molecule has 1 aromatic rings. The number of benzene rings is 1. The average Bonchev–Trinajstić information content (AvgIpc) is 2.84. The van der Waals surface area contributed by atoms with E-state index < -0.39 is 9.84 Å². The molecule has 0 aromatic heterocycles. The number of nitriles is 1. The van der Waals surface area contributed by atoms with Gasteiger partial charge in [-0.15, -0.1) is 0 Å². The van der Waals surface area contributed by atoms with Crippen LogP contribution in [-0.2, 0) is 14.6 Å². The summed E-state index contributed by atoms with van der Waals surface area (Å²) in [5.74, 6) is 0.0194. The minimum atomic E-state index is -3.00. The molecule has 112 valence electrons. The second kappa shape index (κ2) is 6.14. The van der Waals surface area contributed by atoms with Gasteiger partial charge in [-0.3, -0.25) is 4.79 Å². The SMILES string of the molecule is CN(C(=O)CNc1cccc(C#N)c1)[C@H]1CCS(=O)(=O)C1. The first-order chi connectivity index (χ1) is 9.91. The van der Waals surface area contributed by atoms with E-state index in [4.69, 9.17) is 5.26 Å². The molecular formula is C14H17N3O3S. The van der Waals surface area contributed by atoms with Gasteiger partial charge in [-0.2, -0.15) is 5.26 Å². The molecule has 0 spiro atoms. The molecule has 7 heteroatoms. The van der Waals surface area contributed by atoms with Crippen molar-refractivity contribution >= 4 is 21.4 Å². The van der Waals surface area contributed by atoms with E-state index in [0.29, 0.717) is 17.7 Å². The molecule has 1 aliphatic heterocycles. The maximum atomic E-state index is 12.1. The Balaban J connectivity index is 1.91. The molecule has 1 atom stereocenters. The second-order valence-corrected chi connectivity index (χ2v) is 7.34. The molecule has 1 aromatic carbocycles. The lowest BCUT2D eigenvalue weighted by atomic mass is 10.2. The van der Waals surface area contributed by atoms with Gasteiger partial charge in [-0.25, -0.2) is 8.42 Å². The highest BCUT2D eigenvalue weighted by molar-refractivity contribution is 7.91. The minimum absolute atomic E-state index is 0.0408. The number of hydrogen-bond acceptors (Lipinski definition) is 5. The van der Waals surface area contributed by atoms with Gasteiger partial charge in [-0.05, 0) is 24.6 Å². The number of rotatable bonds is 4. The lowest BCUT2D eigenvalue weighted by Gasteiger charge is -2.23. The Morgan fingerprint density at radius 3 is 2.90 bits per heavy atom. The summed E-state index contributed by atoms with van der Waals surface area (Å²) in [5.41, 5.74) is 1.21. The van der Waals surface area contributed by atoms with Gasteiger partial charge in [-0.1, -0.05) is 6.07 Å². The van der Waals surface area contributed by atoms with Crippen molar-refractivity contribution in [2.24, 2.45) is 0 Å². The number of anilines is 1. The summed E-state index contributed by atoms with van der Waals surface area (Å²) in [6, 6.07) is 8.64. The molecule has 1 fully saturated rings. The fourth-order valence-corrected chi connectivity index (χ4v) is 4.06. The van der Waals surface area contributed by atoms with Crippen LogP contribution in [0, 0.1) is 11.3 Å². The molecule has 1 amide bonds. The molecule has 1 N–H and O–H groups in total. The quantitative estimate of drug-likeness (QED) is 0.880. The van der Waals surface area contributed by atoms with E-state index in [1.54, 1.807) is 31.3 Å². The van der Waals surface area contributed by atoms with E-state index in [0.717, 1.165) is 0 Å². The molecule has 0 aliphatic carbocycles. The molecule has 1 aliphatic rings. The molecule has 0 unspecified atom stereocenters. The Kier molecular flexibility index (Phi) is 4.48. The van der Waals surface area contributed by atoms with Crippen LogP contribution in [0.25, 0.3) is 0 Å². The summed E-state index contributed by atoms with van der Waals surface area (Å²) in [5, 5.41) is 11.8. The van der Waals surface area contributed by atoms with Crippen LogP contribution in [-0.4, -0.2) is 50.4 Å². The Morgan fingerprint density at radius 1 is 1.52 bits per heavy atom. The summed E-state index contributed by atoms with van der Waals surface area (Å²) < 4.78 is 22.9. The van der Waals surface area contributed by atoms with Crippen molar-refractivity contribution in [3.63, 3.8) is 0 Å². The number of amides is 1. The van der Waals surface area contributed by atoms with Crippen molar-refractivity contribution in [1.82, 2.24) is 4.90 Å². The zero-order chi connectivity index (χ0) is 15.5. The second-order valence-electron chi connectivity index (χ2n) is 5.11. The van der Waals surface area contributed by atoms with Crippen molar-refractivity contribution in [1.29, 1.82) is 5.26 Å². The molecule has 21 heavy (non-hydrogen) atoms. The fraction of sp³-hybridized carbons (Fsp3) is 0.429. The number of nitrogens with one attached hydrogen (secondary N) is 1. The Morgan fingerprint density at radius 2 is 2.29 bits per heavy atom. The maximum Gasteiger partial charge on any atom is 0.241 e. The molecule has 1 heterocycles. The van der Waals surface area contributed by atoms with Crippen LogP contribution in [0.15, 0.2) is 24.3 Å². The van der Waals surface area contributed by atoms with Gasteiger partial charge in [0, 0.05) is 18.8 Å². The minimum Gasteiger partial charge on any atom is -0.376 e. The summed E-state index contributed by atoms with van der Waals surface area (Å²) in [6.07, 6.45) is 0.495. The van der Waals surface area contributed by atoms with Crippen LogP contribution in [0.4, 0.5) is 5.69 Å². The predicted octanol–water partition coefficient (Wildman–Crippen LogP) is 0.616. The summed E-state index contributed by atoms with van der Waals surface area (Å²) >= 11 is 0. The van der Waals surface area contributed by atoms with Crippen LogP contribution in [0.5, 0.6) is 0 Å². The third-order valence-electron chi connectivity index (χ3n) is 3.58. The highest BCUT2D eigenvalue weighted by atomic mass is 32.2. The van der Waals surface area contributed by atoms with Crippen LogP contribution in [0.1, 0.15) is 12.0 Å². The summed E-state index contributed by atoms with van der Waals surface area (Å²) in [4.78, 5) is 13.6. The van der Waals surface area contributed by atoms with E-state index in [1.807, 2.05) is 6.07 Å². The van der Waals surface area contributed by atoms with E-state index in [9.17, 15) is 13.2 Å². The van der Waals surface area contributed by atoms with Gasteiger partial charge >= 0.3 is 0 Å². The average molecular weight is 307 g/mol. The lowest BCUT2D eigenvalue weighted by Crippen LogP contribution is -2.40. The lowest BCUT2D eigenvalue weighted by molar-refractivity contribution is -0.129. The van der Waals surface area contributed by atoms with Crippen molar-refractivity contribution in [2.45, 2.75) is 12.5 Å². The first-order valence-corrected chi connectivity index (χ1v) is 8.43. The highest BCUT2D eigenvalue weighted by Crippen LogP contribution is 2.17. The first-order valence-electron chi connectivity index (χ1n) is 6.61. The molecule has 0 radical (unpaired) electrons. The number of likely N-dealkylation sites (N-methyl/N-ethyl adjacent to an activating group) is 1. The van der Waals surface area contributed by atoms with E-state index in [1.165, 1.54) is 4.90 Å². The zero-order valence-corrected chi connectivity index (χ0v) is 12.6. The van der Waals surface area contributed by atoms with Gasteiger partial charge in [0.2, 0.25) is 5.91 Å². The molecule has 0 saturated carbocycles.